The Hall–Kier alpha value is -3.02. The maximum Gasteiger partial charge on any atom is 0.244 e. The van der Waals surface area contributed by atoms with Crippen molar-refractivity contribution in [2.75, 3.05) is 27.9 Å². The predicted molar refractivity (Wildman–Crippen MR) is 98.2 cm³/mol. The van der Waals surface area contributed by atoms with Crippen LogP contribution in [0.3, 0.4) is 0 Å². The Balaban J connectivity index is 1.98. The minimum Gasteiger partial charge on any atom is -0.493 e. The molecular formula is C20H22FNO4. The molecule has 6 heteroatoms. The lowest BCUT2D eigenvalue weighted by atomic mass is 10.1. The second-order valence-electron chi connectivity index (χ2n) is 5.42. The summed E-state index contributed by atoms with van der Waals surface area (Å²) in [5.41, 5.74) is 1.30. The zero-order valence-corrected chi connectivity index (χ0v) is 15.0. The first kappa shape index (κ1) is 19.3. The van der Waals surface area contributed by atoms with Gasteiger partial charge in [-0.25, -0.2) is 4.39 Å². The third-order valence-electron chi connectivity index (χ3n) is 3.77. The average molecular weight is 359 g/mol. The molecule has 1 N–H and O–H groups in total. The molecule has 0 heterocycles. The highest BCUT2D eigenvalue weighted by atomic mass is 19.1. The van der Waals surface area contributed by atoms with Crippen LogP contribution in [0.4, 0.5) is 4.39 Å². The van der Waals surface area contributed by atoms with Crippen molar-refractivity contribution in [1.29, 1.82) is 0 Å². The lowest BCUT2D eigenvalue weighted by Gasteiger charge is -2.12. The van der Waals surface area contributed by atoms with Gasteiger partial charge >= 0.3 is 0 Å². The molecule has 5 nitrogen and oxygen atoms in total. The van der Waals surface area contributed by atoms with E-state index < -0.39 is 0 Å². The predicted octanol–water partition coefficient (Wildman–Crippen LogP) is 3.22. The van der Waals surface area contributed by atoms with E-state index in [4.69, 9.17) is 14.2 Å². The highest BCUT2D eigenvalue weighted by molar-refractivity contribution is 5.91. The lowest BCUT2D eigenvalue weighted by Crippen LogP contribution is -2.23. The van der Waals surface area contributed by atoms with E-state index >= 15 is 0 Å². The van der Waals surface area contributed by atoms with Crippen LogP contribution < -0.4 is 19.5 Å². The molecule has 0 bridgehead atoms. The first-order valence-corrected chi connectivity index (χ1v) is 8.08. The van der Waals surface area contributed by atoms with Gasteiger partial charge in [0.1, 0.15) is 5.82 Å². The van der Waals surface area contributed by atoms with Crippen LogP contribution in [0.1, 0.15) is 11.1 Å². The van der Waals surface area contributed by atoms with Gasteiger partial charge in [0.15, 0.2) is 11.5 Å². The number of rotatable bonds is 8. The van der Waals surface area contributed by atoms with E-state index in [1.807, 2.05) is 0 Å². The van der Waals surface area contributed by atoms with Gasteiger partial charge in [-0.1, -0.05) is 18.2 Å². The Morgan fingerprint density at radius 2 is 1.73 bits per heavy atom. The van der Waals surface area contributed by atoms with Crippen LogP contribution >= 0.6 is 0 Å². The van der Waals surface area contributed by atoms with Gasteiger partial charge < -0.3 is 19.5 Å². The molecule has 0 spiro atoms. The number of hydrogen-bond donors (Lipinski definition) is 1. The number of carbonyl (C=O) groups is 1. The van der Waals surface area contributed by atoms with E-state index in [1.165, 1.54) is 33.5 Å². The molecule has 0 radical (unpaired) electrons. The van der Waals surface area contributed by atoms with Gasteiger partial charge in [0.2, 0.25) is 11.7 Å². The minimum atomic E-state index is -0.269. The van der Waals surface area contributed by atoms with Gasteiger partial charge in [0.25, 0.3) is 0 Å². The summed E-state index contributed by atoms with van der Waals surface area (Å²) in [6, 6.07) is 9.99. The maximum absolute atomic E-state index is 13.5. The molecule has 2 rings (SSSR count). The lowest BCUT2D eigenvalue weighted by molar-refractivity contribution is -0.116. The Morgan fingerprint density at radius 1 is 1.08 bits per heavy atom. The van der Waals surface area contributed by atoms with E-state index in [0.717, 1.165) is 5.56 Å². The summed E-state index contributed by atoms with van der Waals surface area (Å²) in [6.07, 6.45) is 3.47. The number of ether oxygens (including phenoxy) is 3. The highest BCUT2D eigenvalue weighted by Gasteiger charge is 2.12. The van der Waals surface area contributed by atoms with Gasteiger partial charge in [-0.15, -0.1) is 0 Å². The summed E-state index contributed by atoms with van der Waals surface area (Å²) in [7, 11) is 4.58. The molecule has 0 unspecified atom stereocenters. The monoisotopic (exact) mass is 359 g/mol. The minimum absolute atomic E-state index is 0.268. The van der Waals surface area contributed by atoms with Crippen LogP contribution in [-0.2, 0) is 11.2 Å². The Kier molecular flexibility index (Phi) is 7.02. The second kappa shape index (κ2) is 9.46. The molecule has 0 atom stereocenters. The van der Waals surface area contributed by atoms with E-state index in [1.54, 1.807) is 36.4 Å². The summed E-state index contributed by atoms with van der Waals surface area (Å²) in [4.78, 5) is 11.9. The van der Waals surface area contributed by atoms with Crippen LogP contribution in [-0.4, -0.2) is 33.8 Å². The molecule has 2 aromatic carbocycles. The van der Waals surface area contributed by atoms with Crippen LogP contribution in [0.25, 0.3) is 6.08 Å². The highest BCUT2D eigenvalue weighted by Crippen LogP contribution is 2.38. The van der Waals surface area contributed by atoms with E-state index in [-0.39, 0.29) is 11.7 Å². The summed E-state index contributed by atoms with van der Waals surface area (Å²) in [6.45, 7) is 0.347. The maximum atomic E-state index is 13.5. The molecule has 2 aromatic rings. The first-order valence-electron chi connectivity index (χ1n) is 8.08. The van der Waals surface area contributed by atoms with Crippen molar-refractivity contribution in [1.82, 2.24) is 5.32 Å². The molecule has 1 amide bonds. The van der Waals surface area contributed by atoms with Gasteiger partial charge in [-0.3, -0.25) is 4.79 Å². The van der Waals surface area contributed by atoms with Crippen molar-refractivity contribution >= 4 is 12.0 Å². The topological polar surface area (TPSA) is 56.8 Å². The summed E-state index contributed by atoms with van der Waals surface area (Å²) in [5, 5.41) is 2.73. The zero-order chi connectivity index (χ0) is 18.9. The van der Waals surface area contributed by atoms with Crippen LogP contribution in [0.15, 0.2) is 42.5 Å². The van der Waals surface area contributed by atoms with Crippen molar-refractivity contribution in [2.45, 2.75) is 6.42 Å². The van der Waals surface area contributed by atoms with Gasteiger partial charge in [-0.2, -0.15) is 0 Å². The fraction of sp³-hybridized carbons (Fsp3) is 0.250. The Labute approximate surface area is 152 Å². The average Bonchev–Trinajstić information content (AvgIpc) is 2.66. The SMILES string of the molecule is COc1cc(C=CC(=O)NCCc2ccccc2F)cc(OC)c1OC. The van der Waals surface area contributed by atoms with Gasteiger partial charge in [-0.05, 0) is 41.8 Å². The van der Waals surface area contributed by atoms with E-state index in [2.05, 4.69) is 5.32 Å². The number of hydrogen-bond acceptors (Lipinski definition) is 4. The molecule has 138 valence electrons. The smallest absolute Gasteiger partial charge is 0.244 e. The number of amides is 1. The number of benzene rings is 2. The quantitative estimate of drug-likeness (QED) is 0.736. The van der Waals surface area contributed by atoms with Crippen molar-refractivity contribution < 1.29 is 23.4 Å². The van der Waals surface area contributed by atoms with Gasteiger partial charge in [0.05, 0.1) is 21.3 Å². The largest absolute Gasteiger partial charge is 0.493 e. The first-order chi connectivity index (χ1) is 12.6. The molecular weight excluding hydrogens is 337 g/mol. The van der Waals surface area contributed by atoms with Crippen molar-refractivity contribution in [2.24, 2.45) is 0 Å². The van der Waals surface area contributed by atoms with Crippen molar-refractivity contribution in [3.63, 3.8) is 0 Å². The zero-order valence-electron chi connectivity index (χ0n) is 15.0. The summed E-state index contributed by atoms with van der Waals surface area (Å²) >= 11 is 0. The molecule has 0 saturated carbocycles. The number of carbonyl (C=O) groups excluding carboxylic acids is 1. The Morgan fingerprint density at radius 3 is 2.31 bits per heavy atom. The second-order valence-corrected chi connectivity index (χ2v) is 5.42. The van der Waals surface area contributed by atoms with E-state index in [9.17, 15) is 9.18 Å². The standard InChI is InChI=1S/C20H22FNO4/c1-24-17-12-14(13-18(25-2)20(17)26-3)8-9-19(23)22-11-10-15-6-4-5-7-16(15)21/h4-9,12-13H,10-11H2,1-3H3,(H,22,23). The number of nitrogens with one attached hydrogen (secondary N) is 1. The molecule has 0 aromatic heterocycles. The van der Waals surface area contributed by atoms with Crippen molar-refractivity contribution in [3.8, 4) is 17.2 Å². The third-order valence-corrected chi connectivity index (χ3v) is 3.77. The molecule has 0 fully saturated rings. The number of halogens is 1. The van der Waals surface area contributed by atoms with Crippen LogP contribution in [0.5, 0.6) is 17.2 Å². The summed E-state index contributed by atoms with van der Waals surface area (Å²) in [5.74, 6) is 0.962. The normalized spacial score (nSPS) is 10.6. The molecule has 0 aliphatic carbocycles. The molecule has 0 aliphatic rings. The fourth-order valence-corrected chi connectivity index (χ4v) is 2.45. The summed E-state index contributed by atoms with van der Waals surface area (Å²) < 4.78 is 29.3. The molecule has 0 aliphatic heterocycles. The van der Waals surface area contributed by atoms with Crippen LogP contribution in [0.2, 0.25) is 0 Å². The fourth-order valence-electron chi connectivity index (χ4n) is 2.45. The molecule has 26 heavy (non-hydrogen) atoms. The number of methoxy groups -OCH3 is 3. The Bertz CT molecular complexity index is 764. The van der Waals surface area contributed by atoms with Crippen molar-refractivity contribution in [3.05, 3.63) is 59.4 Å². The molecule has 0 saturated heterocycles. The van der Waals surface area contributed by atoms with Crippen LogP contribution in [0, 0.1) is 5.82 Å². The van der Waals surface area contributed by atoms with Gasteiger partial charge in [0, 0.05) is 12.6 Å². The third kappa shape index (κ3) is 4.99. The van der Waals surface area contributed by atoms with E-state index in [0.29, 0.717) is 35.8 Å².